The van der Waals surface area contributed by atoms with E-state index in [0.29, 0.717) is 24.2 Å². The normalized spacial score (nSPS) is 54.7. The first-order chi connectivity index (χ1) is 15.8. The lowest BCUT2D eigenvalue weighted by Crippen LogP contribution is -2.65. The van der Waals surface area contributed by atoms with Crippen LogP contribution in [0.3, 0.4) is 0 Å². The van der Waals surface area contributed by atoms with Crippen LogP contribution >= 0.6 is 0 Å². The summed E-state index contributed by atoms with van der Waals surface area (Å²) in [5.41, 5.74) is 0.333. The molecule has 0 heterocycles. The number of ketones is 1. The summed E-state index contributed by atoms with van der Waals surface area (Å²) in [7, 11) is 0. The second-order valence-electron chi connectivity index (χ2n) is 14.1. The van der Waals surface area contributed by atoms with E-state index in [1.165, 1.54) is 5.57 Å². The van der Waals surface area contributed by atoms with Gasteiger partial charge in [-0.2, -0.15) is 0 Å². The second kappa shape index (κ2) is 7.43. The summed E-state index contributed by atoms with van der Waals surface area (Å²) in [6, 6.07) is 0. The van der Waals surface area contributed by atoms with Gasteiger partial charge in [-0.15, -0.1) is 0 Å². The first-order valence-corrected chi connectivity index (χ1v) is 13.9. The lowest BCUT2D eigenvalue weighted by Gasteiger charge is -2.70. The zero-order valence-corrected chi connectivity index (χ0v) is 22.2. The van der Waals surface area contributed by atoms with Gasteiger partial charge in [0.05, 0.1) is 17.4 Å². The fourth-order valence-electron chi connectivity index (χ4n) is 10.7. The summed E-state index contributed by atoms with van der Waals surface area (Å²) >= 11 is 0. The van der Waals surface area contributed by atoms with Gasteiger partial charge in [-0.1, -0.05) is 53.2 Å². The molecule has 0 saturated heterocycles. The molecule has 2 N–H and O–H groups in total. The maximum Gasteiger partial charge on any atom is 0.310 e. The number of carbonyl (C=O) groups excluding carboxylic acids is 1. The van der Waals surface area contributed by atoms with Crippen molar-refractivity contribution in [1.82, 2.24) is 0 Å². The van der Waals surface area contributed by atoms with Crippen LogP contribution in [0, 0.1) is 56.7 Å². The molecule has 0 aliphatic heterocycles. The molecule has 5 aliphatic carbocycles. The Morgan fingerprint density at radius 1 is 1.00 bits per heavy atom. The number of Topliss-reactive ketones (excluding diaryl/α,β-unsaturated/α-hetero) is 1. The van der Waals surface area contributed by atoms with Gasteiger partial charge in [-0.05, 0) is 97.2 Å². The largest absolute Gasteiger partial charge is 0.481 e. The average Bonchev–Trinajstić information content (AvgIpc) is 2.79. The predicted octanol–water partition coefficient (Wildman–Crippen LogP) is 6.27. The molecule has 5 aliphatic rings. The van der Waals surface area contributed by atoms with Crippen LogP contribution in [0.15, 0.2) is 11.6 Å². The smallest absolute Gasteiger partial charge is 0.310 e. The van der Waals surface area contributed by atoms with E-state index in [-0.39, 0.29) is 40.5 Å². The topological polar surface area (TPSA) is 74.6 Å². The molecular weight excluding hydrogens is 424 g/mol. The molecule has 0 amide bonds. The van der Waals surface area contributed by atoms with E-state index in [9.17, 15) is 19.8 Å². The third kappa shape index (κ3) is 2.70. The summed E-state index contributed by atoms with van der Waals surface area (Å²) in [5.74, 6) is 1.41. The SMILES string of the molecule is C[C@H]1[C@H](C)CC[C@]2(C(=O)O)CC[C@]3(C)C(=CC[C@@H]4[C@@]5(C)CCC(=O)[C@](C)(CO)[C@@H]5CC[C@]43C)[C@H]12. The van der Waals surface area contributed by atoms with Gasteiger partial charge in [-0.3, -0.25) is 9.59 Å². The van der Waals surface area contributed by atoms with Crippen molar-refractivity contribution in [2.45, 2.75) is 99.3 Å². The zero-order chi connectivity index (χ0) is 24.9. The van der Waals surface area contributed by atoms with E-state index in [1.54, 1.807) is 0 Å². The molecular formula is C30H46O4. The third-order valence-electron chi connectivity index (χ3n) is 13.3. The molecule has 4 heteroatoms. The molecule has 0 spiro atoms. The van der Waals surface area contributed by atoms with E-state index in [2.05, 4.69) is 40.7 Å². The molecule has 0 aromatic heterocycles. The number of hydrogen-bond donors (Lipinski definition) is 2. The minimum Gasteiger partial charge on any atom is -0.481 e. The fraction of sp³-hybridized carbons (Fsp3) is 0.867. The fourth-order valence-corrected chi connectivity index (χ4v) is 10.7. The molecule has 0 aromatic rings. The molecule has 0 aromatic carbocycles. The minimum absolute atomic E-state index is 0.00406. The minimum atomic E-state index is -0.627. The first-order valence-electron chi connectivity index (χ1n) is 13.9. The Balaban J connectivity index is 1.62. The molecule has 4 saturated carbocycles. The van der Waals surface area contributed by atoms with Crippen molar-refractivity contribution in [2.24, 2.45) is 56.7 Å². The van der Waals surface area contributed by atoms with Crippen LogP contribution in [-0.2, 0) is 9.59 Å². The number of carboxylic acid groups (broad SMARTS) is 1. The van der Waals surface area contributed by atoms with Crippen molar-refractivity contribution in [2.75, 3.05) is 6.61 Å². The lowest BCUT2D eigenvalue weighted by atomic mass is 9.33. The van der Waals surface area contributed by atoms with Crippen LogP contribution in [0.2, 0.25) is 0 Å². The summed E-state index contributed by atoms with van der Waals surface area (Å²) in [6.07, 6.45) is 10.6. The molecule has 190 valence electrons. The van der Waals surface area contributed by atoms with Crippen LogP contribution in [0.4, 0.5) is 0 Å². The Morgan fingerprint density at radius 3 is 2.35 bits per heavy atom. The van der Waals surface area contributed by atoms with E-state index >= 15 is 0 Å². The number of allylic oxidation sites excluding steroid dienone is 2. The molecule has 4 fully saturated rings. The lowest BCUT2D eigenvalue weighted by molar-refractivity contribution is -0.195. The van der Waals surface area contributed by atoms with Crippen molar-refractivity contribution in [1.29, 1.82) is 0 Å². The molecule has 4 nitrogen and oxygen atoms in total. The highest BCUT2D eigenvalue weighted by molar-refractivity contribution is 5.86. The first kappa shape index (κ1) is 24.5. The number of carbonyl (C=O) groups is 2. The molecule has 0 bridgehead atoms. The van der Waals surface area contributed by atoms with Gasteiger partial charge in [-0.25, -0.2) is 0 Å². The molecule has 0 radical (unpaired) electrons. The Bertz CT molecular complexity index is 938. The van der Waals surface area contributed by atoms with Gasteiger partial charge in [0.15, 0.2) is 0 Å². The number of fused-ring (bicyclic) bond motifs is 7. The average molecular weight is 471 g/mol. The third-order valence-corrected chi connectivity index (χ3v) is 13.3. The summed E-state index contributed by atoms with van der Waals surface area (Å²) in [6.45, 7) is 14.0. The van der Waals surface area contributed by atoms with Crippen molar-refractivity contribution >= 4 is 11.8 Å². The molecule has 34 heavy (non-hydrogen) atoms. The van der Waals surface area contributed by atoms with E-state index < -0.39 is 16.8 Å². The van der Waals surface area contributed by atoms with E-state index in [4.69, 9.17) is 0 Å². The predicted molar refractivity (Wildman–Crippen MR) is 133 cm³/mol. The molecule has 0 unspecified atom stereocenters. The number of aliphatic hydroxyl groups is 1. The number of aliphatic hydroxyl groups excluding tert-OH is 1. The maximum atomic E-state index is 13.0. The highest BCUT2D eigenvalue weighted by Crippen LogP contribution is 2.75. The number of rotatable bonds is 2. The Labute approximate surface area is 206 Å². The van der Waals surface area contributed by atoms with Crippen molar-refractivity contribution in [3.05, 3.63) is 11.6 Å². The quantitative estimate of drug-likeness (QED) is 0.466. The Morgan fingerprint density at radius 2 is 1.71 bits per heavy atom. The van der Waals surface area contributed by atoms with Crippen molar-refractivity contribution in [3.8, 4) is 0 Å². The van der Waals surface area contributed by atoms with Crippen LogP contribution < -0.4 is 0 Å². The summed E-state index contributed by atoms with van der Waals surface area (Å²) in [5, 5.41) is 20.9. The number of aliphatic carboxylic acids is 1. The second-order valence-corrected chi connectivity index (χ2v) is 14.1. The van der Waals surface area contributed by atoms with Crippen molar-refractivity contribution < 1.29 is 19.8 Å². The molecule has 5 rings (SSSR count). The van der Waals surface area contributed by atoms with Gasteiger partial charge in [0.2, 0.25) is 0 Å². The van der Waals surface area contributed by atoms with Gasteiger partial charge >= 0.3 is 5.97 Å². The summed E-state index contributed by atoms with van der Waals surface area (Å²) in [4.78, 5) is 25.8. The van der Waals surface area contributed by atoms with Crippen LogP contribution in [0.5, 0.6) is 0 Å². The van der Waals surface area contributed by atoms with E-state index in [0.717, 1.165) is 51.4 Å². The monoisotopic (exact) mass is 470 g/mol. The van der Waals surface area contributed by atoms with Gasteiger partial charge in [0.25, 0.3) is 0 Å². The Hall–Kier alpha value is -1.16. The van der Waals surface area contributed by atoms with E-state index in [1.807, 2.05) is 6.92 Å². The maximum absolute atomic E-state index is 13.0. The zero-order valence-electron chi connectivity index (χ0n) is 22.2. The van der Waals surface area contributed by atoms with Crippen LogP contribution in [0.1, 0.15) is 99.3 Å². The van der Waals surface area contributed by atoms with Gasteiger partial charge in [0.1, 0.15) is 5.78 Å². The van der Waals surface area contributed by atoms with Crippen LogP contribution in [0.25, 0.3) is 0 Å². The number of hydrogen-bond acceptors (Lipinski definition) is 3. The van der Waals surface area contributed by atoms with Crippen molar-refractivity contribution in [3.63, 3.8) is 0 Å². The standard InChI is InChI=1S/C30H46O4/c1-18-9-14-30(25(33)34)16-15-28(5)20(24(30)19(18)2)7-8-22-26(3)12-11-23(32)27(4,17-31)21(26)10-13-29(22,28)6/h7,18-19,21-22,24,31H,8-17H2,1-6H3,(H,33,34)/t18-,19+,21-,22-,24+,26+,27-,28-,29-,30+/m1/s1. The van der Waals surface area contributed by atoms with Crippen LogP contribution in [-0.4, -0.2) is 28.6 Å². The number of carboxylic acids is 1. The Kier molecular flexibility index (Phi) is 5.36. The highest BCUT2D eigenvalue weighted by atomic mass is 16.4. The van der Waals surface area contributed by atoms with Gasteiger partial charge in [0, 0.05) is 6.42 Å². The molecule has 10 atom stereocenters. The highest BCUT2D eigenvalue weighted by Gasteiger charge is 2.69. The van der Waals surface area contributed by atoms with Gasteiger partial charge < -0.3 is 10.2 Å². The summed E-state index contributed by atoms with van der Waals surface area (Å²) < 4.78 is 0.